The number of benzene rings is 1. The van der Waals surface area contributed by atoms with Crippen molar-refractivity contribution in [2.24, 2.45) is 0 Å². The van der Waals surface area contributed by atoms with Crippen molar-refractivity contribution in [3.05, 3.63) is 36.7 Å². The number of methoxy groups -OCH3 is 1. The maximum absolute atomic E-state index is 8.44. The zero-order valence-electron chi connectivity index (χ0n) is 9.92. The van der Waals surface area contributed by atoms with E-state index in [9.17, 15) is 0 Å². The third-order valence-electron chi connectivity index (χ3n) is 2.38. The summed E-state index contributed by atoms with van der Waals surface area (Å²) in [7, 11) is 1.63. The fourth-order valence-electron chi connectivity index (χ4n) is 1.49. The molecule has 2 rings (SSSR count). The SMILES string of the molecule is COc1cccc(-c2cnc(NCC#N)nc2)c1. The van der Waals surface area contributed by atoms with Crippen LogP contribution in [0.1, 0.15) is 0 Å². The van der Waals surface area contributed by atoms with E-state index in [0.29, 0.717) is 5.95 Å². The fourth-order valence-corrected chi connectivity index (χ4v) is 1.49. The second kappa shape index (κ2) is 5.64. The fraction of sp³-hybridized carbons (Fsp3) is 0.154. The van der Waals surface area contributed by atoms with Crippen molar-refractivity contribution < 1.29 is 4.74 Å². The van der Waals surface area contributed by atoms with Gasteiger partial charge in [-0.25, -0.2) is 9.97 Å². The molecular weight excluding hydrogens is 228 g/mol. The van der Waals surface area contributed by atoms with E-state index < -0.39 is 0 Å². The van der Waals surface area contributed by atoms with Crippen molar-refractivity contribution in [3.63, 3.8) is 0 Å². The summed E-state index contributed by atoms with van der Waals surface area (Å²) in [6, 6.07) is 9.64. The summed E-state index contributed by atoms with van der Waals surface area (Å²) in [5.74, 6) is 1.24. The molecule has 1 aromatic carbocycles. The zero-order chi connectivity index (χ0) is 12.8. The Kier molecular flexibility index (Phi) is 3.72. The van der Waals surface area contributed by atoms with E-state index in [1.807, 2.05) is 30.3 Å². The Morgan fingerprint density at radius 3 is 2.72 bits per heavy atom. The summed E-state index contributed by atoms with van der Waals surface area (Å²) < 4.78 is 5.16. The van der Waals surface area contributed by atoms with Gasteiger partial charge in [-0.1, -0.05) is 12.1 Å². The van der Waals surface area contributed by atoms with Crippen molar-refractivity contribution in [2.45, 2.75) is 0 Å². The van der Waals surface area contributed by atoms with Crippen LogP contribution in [-0.4, -0.2) is 23.6 Å². The average molecular weight is 240 g/mol. The molecular formula is C13H12N4O. The van der Waals surface area contributed by atoms with Crippen LogP contribution < -0.4 is 10.1 Å². The molecule has 0 fully saturated rings. The molecule has 5 nitrogen and oxygen atoms in total. The van der Waals surface area contributed by atoms with Gasteiger partial charge in [-0.15, -0.1) is 0 Å². The quantitative estimate of drug-likeness (QED) is 0.828. The molecule has 18 heavy (non-hydrogen) atoms. The highest BCUT2D eigenvalue weighted by atomic mass is 16.5. The molecule has 0 amide bonds. The summed E-state index contributed by atoms with van der Waals surface area (Å²) in [5, 5.41) is 11.2. The van der Waals surface area contributed by atoms with Crippen LogP contribution in [-0.2, 0) is 0 Å². The summed E-state index contributed by atoms with van der Waals surface area (Å²) in [6.07, 6.45) is 3.42. The predicted octanol–water partition coefficient (Wildman–Crippen LogP) is 2.09. The second-order valence-corrected chi connectivity index (χ2v) is 3.54. The Morgan fingerprint density at radius 1 is 1.28 bits per heavy atom. The van der Waals surface area contributed by atoms with Crippen LogP contribution in [0.15, 0.2) is 36.7 Å². The zero-order valence-corrected chi connectivity index (χ0v) is 9.92. The molecule has 0 unspecified atom stereocenters. The minimum Gasteiger partial charge on any atom is -0.497 e. The lowest BCUT2D eigenvalue weighted by Gasteiger charge is -2.05. The summed E-state index contributed by atoms with van der Waals surface area (Å²) in [5.41, 5.74) is 1.89. The lowest BCUT2D eigenvalue weighted by atomic mass is 10.1. The Labute approximate surface area is 105 Å². The number of anilines is 1. The first kappa shape index (κ1) is 11.9. The van der Waals surface area contributed by atoms with Crippen molar-refractivity contribution in [3.8, 4) is 22.9 Å². The van der Waals surface area contributed by atoms with E-state index in [1.54, 1.807) is 19.5 Å². The van der Waals surface area contributed by atoms with Gasteiger partial charge in [-0.2, -0.15) is 5.26 Å². The molecule has 1 heterocycles. The Morgan fingerprint density at radius 2 is 2.06 bits per heavy atom. The number of nitriles is 1. The first-order chi connectivity index (χ1) is 8.83. The van der Waals surface area contributed by atoms with E-state index in [0.717, 1.165) is 16.9 Å². The first-order valence-corrected chi connectivity index (χ1v) is 5.41. The molecule has 0 radical (unpaired) electrons. The molecule has 0 aliphatic rings. The summed E-state index contributed by atoms with van der Waals surface area (Å²) in [4.78, 5) is 8.27. The van der Waals surface area contributed by atoms with Gasteiger partial charge in [-0.3, -0.25) is 0 Å². The van der Waals surface area contributed by atoms with E-state index in [4.69, 9.17) is 10.00 Å². The van der Waals surface area contributed by atoms with E-state index in [2.05, 4.69) is 15.3 Å². The van der Waals surface area contributed by atoms with Crippen LogP contribution in [0.4, 0.5) is 5.95 Å². The number of nitrogens with zero attached hydrogens (tertiary/aromatic N) is 3. The number of hydrogen-bond donors (Lipinski definition) is 1. The lowest BCUT2D eigenvalue weighted by molar-refractivity contribution is 0.415. The highest BCUT2D eigenvalue weighted by Gasteiger charge is 2.01. The Balaban J connectivity index is 2.20. The molecule has 0 bridgehead atoms. The minimum absolute atomic E-state index is 0.193. The summed E-state index contributed by atoms with van der Waals surface area (Å²) in [6.45, 7) is 0.193. The molecule has 0 saturated heterocycles. The van der Waals surface area contributed by atoms with E-state index in [1.165, 1.54) is 0 Å². The third-order valence-corrected chi connectivity index (χ3v) is 2.38. The average Bonchev–Trinajstić information content (AvgIpc) is 2.46. The molecule has 5 heteroatoms. The van der Waals surface area contributed by atoms with Gasteiger partial charge in [-0.05, 0) is 17.7 Å². The van der Waals surface area contributed by atoms with Crippen LogP contribution in [0.5, 0.6) is 5.75 Å². The van der Waals surface area contributed by atoms with Gasteiger partial charge in [0.05, 0.1) is 13.2 Å². The van der Waals surface area contributed by atoms with E-state index in [-0.39, 0.29) is 6.54 Å². The first-order valence-electron chi connectivity index (χ1n) is 5.41. The molecule has 0 atom stereocenters. The Bertz CT molecular complexity index is 560. The third kappa shape index (κ3) is 2.74. The number of hydrogen-bond acceptors (Lipinski definition) is 5. The smallest absolute Gasteiger partial charge is 0.223 e. The topological polar surface area (TPSA) is 70.8 Å². The number of rotatable bonds is 4. The molecule has 1 N–H and O–H groups in total. The second-order valence-electron chi connectivity index (χ2n) is 3.54. The van der Waals surface area contributed by atoms with Crippen LogP contribution >= 0.6 is 0 Å². The van der Waals surface area contributed by atoms with E-state index >= 15 is 0 Å². The van der Waals surface area contributed by atoms with Crippen LogP contribution in [0.25, 0.3) is 11.1 Å². The van der Waals surface area contributed by atoms with Gasteiger partial charge < -0.3 is 10.1 Å². The van der Waals surface area contributed by atoms with Crippen molar-refractivity contribution >= 4 is 5.95 Å². The van der Waals surface area contributed by atoms with Crippen LogP contribution in [0.2, 0.25) is 0 Å². The molecule has 0 aliphatic carbocycles. The molecule has 90 valence electrons. The maximum atomic E-state index is 8.44. The van der Waals surface area contributed by atoms with Crippen LogP contribution in [0, 0.1) is 11.3 Å². The predicted molar refractivity (Wildman–Crippen MR) is 68.1 cm³/mol. The van der Waals surface area contributed by atoms with Crippen molar-refractivity contribution in [1.82, 2.24) is 9.97 Å². The number of aromatic nitrogens is 2. The standard InChI is InChI=1S/C13H12N4O/c1-18-12-4-2-3-10(7-12)11-8-16-13(17-9-11)15-6-5-14/h2-4,7-9H,6H2,1H3,(H,15,16,17). The monoisotopic (exact) mass is 240 g/mol. The van der Waals surface area contributed by atoms with Gasteiger partial charge >= 0.3 is 0 Å². The van der Waals surface area contributed by atoms with Crippen molar-refractivity contribution in [2.75, 3.05) is 19.0 Å². The highest BCUT2D eigenvalue weighted by Crippen LogP contribution is 2.22. The lowest BCUT2D eigenvalue weighted by Crippen LogP contribution is -2.02. The van der Waals surface area contributed by atoms with Gasteiger partial charge in [0.15, 0.2) is 0 Å². The van der Waals surface area contributed by atoms with Crippen LogP contribution in [0.3, 0.4) is 0 Å². The summed E-state index contributed by atoms with van der Waals surface area (Å²) >= 11 is 0. The number of ether oxygens (including phenoxy) is 1. The molecule has 0 spiro atoms. The molecule has 1 aromatic heterocycles. The number of nitrogens with one attached hydrogen (secondary N) is 1. The molecule has 0 aliphatic heterocycles. The Hall–Kier alpha value is -2.61. The van der Waals surface area contributed by atoms with Gasteiger partial charge in [0.2, 0.25) is 5.95 Å². The highest BCUT2D eigenvalue weighted by molar-refractivity contribution is 5.63. The van der Waals surface area contributed by atoms with Gasteiger partial charge in [0.1, 0.15) is 12.3 Å². The molecule has 2 aromatic rings. The molecule has 0 saturated carbocycles. The minimum atomic E-state index is 0.193. The largest absolute Gasteiger partial charge is 0.497 e. The van der Waals surface area contributed by atoms with Gasteiger partial charge in [0.25, 0.3) is 0 Å². The normalized spacial score (nSPS) is 9.56. The van der Waals surface area contributed by atoms with Crippen molar-refractivity contribution in [1.29, 1.82) is 5.26 Å². The van der Waals surface area contributed by atoms with Gasteiger partial charge in [0, 0.05) is 18.0 Å². The maximum Gasteiger partial charge on any atom is 0.223 e.